The molecule has 2 aliphatic rings. The lowest BCUT2D eigenvalue weighted by atomic mass is 9.95. The SMILES string of the molecule is CC(C)Oc1ccc(NC(=O)C2CCN(c3ncnc(N)c3C=NOCCN3CCOCC3)CC2)cc1. The van der Waals surface area contributed by atoms with Crippen LogP contribution in [0.2, 0.25) is 0 Å². The van der Waals surface area contributed by atoms with Crippen LogP contribution < -0.4 is 20.7 Å². The molecule has 2 aliphatic heterocycles. The number of anilines is 3. The lowest BCUT2D eigenvalue weighted by Crippen LogP contribution is -2.39. The first-order valence-corrected chi connectivity index (χ1v) is 12.9. The largest absolute Gasteiger partial charge is 0.491 e. The van der Waals surface area contributed by atoms with Gasteiger partial charge in [0.05, 0.1) is 31.1 Å². The normalized spacial score (nSPS) is 17.3. The van der Waals surface area contributed by atoms with E-state index < -0.39 is 0 Å². The van der Waals surface area contributed by atoms with Crippen LogP contribution in [0.4, 0.5) is 17.3 Å². The van der Waals surface area contributed by atoms with Gasteiger partial charge in [0.25, 0.3) is 0 Å². The van der Waals surface area contributed by atoms with E-state index in [2.05, 4.69) is 30.2 Å². The number of piperidine rings is 1. The number of hydrogen-bond acceptors (Lipinski definition) is 10. The number of morpholine rings is 1. The second kappa shape index (κ2) is 13.2. The van der Waals surface area contributed by atoms with Gasteiger partial charge in [0.2, 0.25) is 5.91 Å². The van der Waals surface area contributed by atoms with Crippen LogP contribution in [0.5, 0.6) is 5.75 Å². The zero-order chi connectivity index (χ0) is 26.0. The lowest BCUT2D eigenvalue weighted by molar-refractivity contribution is -0.120. The Labute approximate surface area is 218 Å². The fourth-order valence-electron chi connectivity index (χ4n) is 4.40. The fraction of sp³-hybridized carbons (Fsp3) is 0.538. The number of benzene rings is 1. The maximum atomic E-state index is 12.9. The van der Waals surface area contributed by atoms with Crippen molar-refractivity contribution in [2.75, 3.05) is 68.5 Å². The standard InChI is InChI=1S/C26H37N7O4/c1-19(2)37-22-5-3-21(4-6-22)31-26(34)20-7-9-33(10-8-20)25-23(24(27)28-18-29-25)17-30-36-16-13-32-11-14-35-15-12-32/h3-6,17-20H,7-16H2,1-2H3,(H,31,34)(H2,27,28,29). The first-order chi connectivity index (χ1) is 18.0. The van der Waals surface area contributed by atoms with Gasteiger partial charge in [-0.25, -0.2) is 9.97 Å². The number of ether oxygens (including phenoxy) is 2. The van der Waals surface area contributed by atoms with Crippen molar-refractivity contribution in [3.05, 3.63) is 36.2 Å². The molecule has 11 nitrogen and oxygen atoms in total. The molecule has 11 heteroatoms. The summed E-state index contributed by atoms with van der Waals surface area (Å²) in [5, 5.41) is 7.14. The summed E-state index contributed by atoms with van der Waals surface area (Å²) in [7, 11) is 0. The van der Waals surface area contributed by atoms with Gasteiger partial charge in [0.15, 0.2) is 0 Å². The number of nitrogen functional groups attached to an aromatic ring is 1. The molecule has 200 valence electrons. The quantitative estimate of drug-likeness (QED) is 0.281. The number of hydrogen-bond donors (Lipinski definition) is 2. The van der Waals surface area contributed by atoms with Crippen molar-refractivity contribution in [2.24, 2.45) is 11.1 Å². The summed E-state index contributed by atoms with van der Waals surface area (Å²) in [6.07, 6.45) is 4.55. The maximum absolute atomic E-state index is 12.9. The van der Waals surface area contributed by atoms with Crippen molar-refractivity contribution in [3.63, 3.8) is 0 Å². The number of rotatable bonds is 10. The fourth-order valence-corrected chi connectivity index (χ4v) is 4.40. The summed E-state index contributed by atoms with van der Waals surface area (Å²) in [4.78, 5) is 31.3. The molecule has 1 aromatic heterocycles. The van der Waals surface area contributed by atoms with Gasteiger partial charge in [0.1, 0.15) is 30.3 Å². The van der Waals surface area contributed by atoms with E-state index in [0.717, 1.165) is 44.3 Å². The summed E-state index contributed by atoms with van der Waals surface area (Å²) in [5.41, 5.74) is 7.53. The molecule has 1 aromatic carbocycles. The van der Waals surface area contributed by atoms with E-state index in [1.54, 1.807) is 6.21 Å². The van der Waals surface area contributed by atoms with E-state index in [9.17, 15) is 4.79 Å². The van der Waals surface area contributed by atoms with Crippen molar-refractivity contribution in [3.8, 4) is 5.75 Å². The monoisotopic (exact) mass is 511 g/mol. The molecule has 2 fully saturated rings. The summed E-state index contributed by atoms with van der Waals surface area (Å²) in [6.45, 7) is 9.91. The van der Waals surface area contributed by atoms with Gasteiger partial charge >= 0.3 is 0 Å². The highest BCUT2D eigenvalue weighted by Crippen LogP contribution is 2.27. The lowest BCUT2D eigenvalue weighted by Gasteiger charge is -2.32. The number of nitrogens with one attached hydrogen (secondary N) is 1. The first kappa shape index (κ1) is 26.6. The van der Waals surface area contributed by atoms with Gasteiger partial charge < -0.3 is 30.3 Å². The molecule has 2 saturated heterocycles. The average molecular weight is 512 g/mol. The Kier molecular flexibility index (Phi) is 9.50. The van der Waals surface area contributed by atoms with Crippen LogP contribution in [0.1, 0.15) is 32.3 Å². The highest BCUT2D eigenvalue weighted by molar-refractivity contribution is 5.93. The maximum Gasteiger partial charge on any atom is 0.227 e. The minimum Gasteiger partial charge on any atom is -0.491 e. The minimum atomic E-state index is -0.0809. The Balaban J connectivity index is 1.27. The number of nitrogens with zero attached hydrogens (tertiary/aromatic N) is 5. The molecule has 0 radical (unpaired) electrons. The van der Waals surface area contributed by atoms with Gasteiger partial charge in [-0.05, 0) is 51.0 Å². The molecule has 3 heterocycles. The number of oxime groups is 1. The number of carbonyl (C=O) groups is 1. The second-order valence-corrected chi connectivity index (χ2v) is 9.46. The smallest absolute Gasteiger partial charge is 0.227 e. The molecule has 0 unspecified atom stereocenters. The predicted molar refractivity (Wildman–Crippen MR) is 143 cm³/mol. The van der Waals surface area contributed by atoms with Gasteiger partial charge in [-0.15, -0.1) is 0 Å². The molecule has 3 N–H and O–H groups in total. The van der Waals surface area contributed by atoms with Gasteiger partial charge in [-0.1, -0.05) is 5.16 Å². The highest BCUT2D eigenvalue weighted by atomic mass is 16.6. The Morgan fingerprint density at radius 2 is 1.92 bits per heavy atom. The van der Waals surface area contributed by atoms with Crippen LogP contribution >= 0.6 is 0 Å². The Morgan fingerprint density at radius 1 is 1.19 bits per heavy atom. The summed E-state index contributed by atoms with van der Waals surface area (Å²) >= 11 is 0. The van der Waals surface area contributed by atoms with Crippen LogP contribution in [-0.4, -0.2) is 85.6 Å². The van der Waals surface area contributed by atoms with E-state index >= 15 is 0 Å². The van der Waals surface area contributed by atoms with Crippen LogP contribution in [0.15, 0.2) is 35.7 Å². The first-order valence-electron chi connectivity index (χ1n) is 12.9. The van der Waals surface area contributed by atoms with Crippen molar-refractivity contribution in [1.82, 2.24) is 14.9 Å². The van der Waals surface area contributed by atoms with Crippen molar-refractivity contribution in [2.45, 2.75) is 32.8 Å². The van der Waals surface area contributed by atoms with Crippen molar-refractivity contribution >= 4 is 29.4 Å². The molecule has 4 rings (SSSR count). The predicted octanol–water partition coefficient (Wildman–Crippen LogP) is 2.38. The zero-order valence-electron chi connectivity index (χ0n) is 21.6. The summed E-state index contributed by atoms with van der Waals surface area (Å²) < 4.78 is 11.0. The van der Waals surface area contributed by atoms with Crippen LogP contribution in [-0.2, 0) is 14.4 Å². The van der Waals surface area contributed by atoms with E-state index in [1.807, 2.05) is 38.1 Å². The van der Waals surface area contributed by atoms with Crippen LogP contribution in [0.25, 0.3) is 0 Å². The number of aromatic nitrogens is 2. The Bertz CT molecular complexity index is 1030. The molecular formula is C26H37N7O4. The number of amides is 1. The number of nitrogens with two attached hydrogens (primary N) is 1. The Hall–Kier alpha value is -3.44. The van der Waals surface area contributed by atoms with Gasteiger partial charge in [-0.2, -0.15) is 0 Å². The highest BCUT2D eigenvalue weighted by Gasteiger charge is 2.27. The van der Waals surface area contributed by atoms with E-state index in [1.165, 1.54) is 6.33 Å². The van der Waals surface area contributed by atoms with Crippen molar-refractivity contribution < 1.29 is 19.1 Å². The molecule has 0 atom stereocenters. The van der Waals surface area contributed by atoms with E-state index in [-0.39, 0.29) is 17.9 Å². The van der Waals surface area contributed by atoms with E-state index in [4.69, 9.17) is 20.0 Å². The molecule has 0 spiro atoms. The van der Waals surface area contributed by atoms with Crippen LogP contribution in [0.3, 0.4) is 0 Å². The third-order valence-corrected chi connectivity index (χ3v) is 6.41. The van der Waals surface area contributed by atoms with Gasteiger partial charge in [0, 0.05) is 44.3 Å². The molecule has 0 bridgehead atoms. The van der Waals surface area contributed by atoms with E-state index in [0.29, 0.717) is 49.7 Å². The molecular weight excluding hydrogens is 474 g/mol. The summed E-state index contributed by atoms with van der Waals surface area (Å²) in [6, 6.07) is 7.46. The summed E-state index contributed by atoms with van der Waals surface area (Å²) in [5.74, 6) is 1.77. The minimum absolute atomic E-state index is 0.0230. The molecule has 1 amide bonds. The second-order valence-electron chi connectivity index (χ2n) is 9.46. The Morgan fingerprint density at radius 3 is 2.62 bits per heavy atom. The number of carbonyl (C=O) groups excluding carboxylic acids is 1. The van der Waals surface area contributed by atoms with Gasteiger partial charge in [-0.3, -0.25) is 9.69 Å². The third kappa shape index (κ3) is 7.77. The molecule has 37 heavy (non-hydrogen) atoms. The average Bonchev–Trinajstić information content (AvgIpc) is 2.91. The molecule has 0 aliphatic carbocycles. The topological polar surface area (TPSA) is 127 Å². The van der Waals surface area contributed by atoms with Crippen LogP contribution in [0, 0.1) is 5.92 Å². The third-order valence-electron chi connectivity index (χ3n) is 6.41. The van der Waals surface area contributed by atoms with Crippen molar-refractivity contribution in [1.29, 1.82) is 0 Å². The molecule has 2 aromatic rings. The zero-order valence-corrected chi connectivity index (χ0v) is 21.6. The molecule has 0 saturated carbocycles.